The van der Waals surface area contributed by atoms with Crippen LogP contribution < -0.4 is 15.8 Å². The molecule has 1 aromatic carbocycles. The molecule has 0 saturated carbocycles. The van der Waals surface area contributed by atoms with Crippen LogP contribution >= 0.6 is 0 Å². The van der Waals surface area contributed by atoms with E-state index >= 15 is 0 Å². The monoisotopic (exact) mass is 338 g/mol. The van der Waals surface area contributed by atoms with Crippen LogP contribution in [0, 0.1) is 0 Å². The minimum absolute atomic E-state index is 0.269. The highest BCUT2D eigenvalue weighted by atomic mass is 16.5. The van der Waals surface area contributed by atoms with Crippen molar-refractivity contribution >= 4 is 5.91 Å². The van der Waals surface area contributed by atoms with Crippen LogP contribution in [-0.2, 0) is 4.74 Å². The molecule has 136 valence electrons. The zero-order valence-electron chi connectivity index (χ0n) is 14.9. The molecule has 4 N–H and O–H groups in total. The van der Waals surface area contributed by atoms with Gasteiger partial charge in [0.1, 0.15) is 12.4 Å². The van der Waals surface area contributed by atoms with Crippen molar-refractivity contribution < 1.29 is 19.4 Å². The number of aliphatic hydroxyl groups excluding tert-OH is 1. The molecule has 6 nitrogen and oxygen atoms in total. The summed E-state index contributed by atoms with van der Waals surface area (Å²) >= 11 is 0. The summed E-state index contributed by atoms with van der Waals surface area (Å²) in [4.78, 5) is 11.7. The third-order valence-corrected chi connectivity index (χ3v) is 3.93. The molecule has 1 unspecified atom stereocenters. The maximum atomic E-state index is 11.7. The number of hydrogen-bond acceptors (Lipinski definition) is 5. The second kappa shape index (κ2) is 11.0. The van der Waals surface area contributed by atoms with Gasteiger partial charge in [-0.1, -0.05) is 19.9 Å². The number of carbonyl (C=O) groups is 1. The van der Waals surface area contributed by atoms with Crippen LogP contribution in [0.15, 0.2) is 18.2 Å². The summed E-state index contributed by atoms with van der Waals surface area (Å²) in [5.74, 6) is -0.172. The quantitative estimate of drug-likeness (QED) is 0.507. The second-order valence-electron chi connectivity index (χ2n) is 5.60. The smallest absolute Gasteiger partial charge is 0.252 e. The van der Waals surface area contributed by atoms with Crippen molar-refractivity contribution in [2.24, 2.45) is 5.73 Å². The first kappa shape index (κ1) is 20.4. The predicted molar refractivity (Wildman–Crippen MR) is 94.3 cm³/mol. The molecule has 0 aromatic heterocycles. The number of hydrogen-bond donors (Lipinski definition) is 3. The fraction of sp³-hybridized carbons (Fsp3) is 0.611. The van der Waals surface area contributed by atoms with E-state index in [9.17, 15) is 9.90 Å². The van der Waals surface area contributed by atoms with E-state index in [0.29, 0.717) is 43.7 Å². The molecule has 0 aliphatic rings. The van der Waals surface area contributed by atoms with Gasteiger partial charge in [-0.05, 0) is 37.5 Å². The van der Waals surface area contributed by atoms with Crippen molar-refractivity contribution in [1.29, 1.82) is 0 Å². The zero-order valence-corrected chi connectivity index (χ0v) is 14.9. The van der Waals surface area contributed by atoms with E-state index in [0.717, 1.165) is 12.8 Å². The fourth-order valence-electron chi connectivity index (χ4n) is 2.40. The van der Waals surface area contributed by atoms with Crippen molar-refractivity contribution in [3.05, 3.63) is 29.3 Å². The average molecular weight is 338 g/mol. The number of nitrogens with one attached hydrogen (secondary N) is 1. The SMILES string of the molecule is CCOCCOc1ccc(C(O)CNC(CC)CC)cc1C(N)=O. The van der Waals surface area contributed by atoms with E-state index in [1.807, 2.05) is 6.92 Å². The van der Waals surface area contributed by atoms with Gasteiger partial charge in [0.15, 0.2) is 0 Å². The summed E-state index contributed by atoms with van der Waals surface area (Å²) in [6, 6.07) is 5.39. The lowest BCUT2D eigenvalue weighted by Crippen LogP contribution is -2.31. The Hall–Kier alpha value is -1.63. The second-order valence-corrected chi connectivity index (χ2v) is 5.60. The Kier molecular flexibility index (Phi) is 9.37. The standard InChI is InChI=1S/C18H30N2O4/c1-4-14(5-2)20-12-16(21)13-7-8-17(15(11-13)18(19)22)24-10-9-23-6-3/h7-8,11,14,16,20-21H,4-6,9-10,12H2,1-3H3,(H2,19,22). The maximum Gasteiger partial charge on any atom is 0.252 e. The fourth-order valence-corrected chi connectivity index (χ4v) is 2.40. The molecular formula is C18H30N2O4. The van der Waals surface area contributed by atoms with Crippen molar-refractivity contribution in [3.8, 4) is 5.75 Å². The number of aliphatic hydroxyl groups is 1. The number of ether oxygens (including phenoxy) is 2. The molecule has 1 amide bonds. The van der Waals surface area contributed by atoms with E-state index < -0.39 is 12.0 Å². The van der Waals surface area contributed by atoms with E-state index in [1.54, 1.807) is 18.2 Å². The van der Waals surface area contributed by atoms with E-state index in [1.165, 1.54) is 0 Å². The highest BCUT2D eigenvalue weighted by Crippen LogP contribution is 2.23. The summed E-state index contributed by atoms with van der Waals surface area (Å²) in [7, 11) is 0. The Labute approximate surface area is 144 Å². The molecule has 1 rings (SSSR count). The van der Waals surface area contributed by atoms with Gasteiger partial charge in [0.25, 0.3) is 5.91 Å². The van der Waals surface area contributed by atoms with Gasteiger partial charge < -0.3 is 25.6 Å². The third-order valence-electron chi connectivity index (χ3n) is 3.93. The number of nitrogens with two attached hydrogens (primary N) is 1. The van der Waals surface area contributed by atoms with Gasteiger partial charge in [-0.15, -0.1) is 0 Å². The van der Waals surface area contributed by atoms with Gasteiger partial charge in [0.2, 0.25) is 0 Å². The molecule has 0 fully saturated rings. The van der Waals surface area contributed by atoms with Crippen LogP contribution in [0.1, 0.15) is 55.6 Å². The molecular weight excluding hydrogens is 308 g/mol. The van der Waals surface area contributed by atoms with Gasteiger partial charge in [0.05, 0.1) is 18.3 Å². The summed E-state index contributed by atoms with van der Waals surface area (Å²) in [6.07, 6.45) is 1.30. The minimum Gasteiger partial charge on any atom is -0.490 e. The first-order chi connectivity index (χ1) is 11.5. The number of carbonyl (C=O) groups excluding carboxylic acids is 1. The molecule has 24 heavy (non-hydrogen) atoms. The molecule has 0 spiro atoms. The predicted octanol–water partition coefficient (Wildman–Crippen LogP) is 2.01. The molecule has 0 bridgehead atoms. The van der Waals surface area contributed by atoms with Gasteiger partial charge in [-0.3, -0.25) is 4.79 Å². The summed E-state index contributed by atoms with van der Waals surface area (Å²) in [6.45, 7) is 7.93. The molecule has 6 heteroatoms. The van der Waals surface area contributed by atoms with E-state index in [2.05, 4.69) is 19.2 Å². The number of primary amides is 1. The summed E-state index contributed by atoms with van der Waals surface area (Å²) < 4.78 is 10.7. The molecule has 0 aliphatic heterocycles. The van der Waals surface area contributed by atoms with Crippen LogP contribution in [-0.4, -0.2) is 43.4 Å². The molecule has 0 radical (unpaired) electrons. The third kappa shape index (κ3) is 6.47. The van der Waals surface area contributed by atoms with Crippen LogP contribution in [0.4, 0.5) is 0 Å². The van der Waals surface area contributed by atoms with Gasteiger partial charge >= 0.3 is 0 Å². The molecule has 1 aromatic rings. The molecule has 0 heterocycles. The maximum absolute atomic E-state index is 11.7. The van der Waals surface area contributed by atoms with Gasteiger partial charge in [-0.2, -0.15) is 0 Å². The van der Waals surface area contributed by atoms with E-state index in [-0.39, 0.29) is 5.56 Å². The van der Waals surface area contributed by atoms with Crippen LogP contribution in [0.5, 0.6) is 5.75 Å². The molecule has 0 saturated heterocycles. The lowest BCUT2D eigenvalue weighted by atomic mass is 10.0. The lowest BCUT2D eigenvalue weighted by Gasteiger charge is -2.19. The van der Waals surface area contributed by atoms with Gasteiger partial charge in [-0.25, -0.2) is 0 Å². The Morgan fingerprint density at radius 2 is 1.96 bits per heavy atom. The zero-order chi connectivity index (χ0) is 17.9. The van der Waals surface area contributed by atoms with Crippen molar-refractivity contribution in [3.63, 3.8) is 0 Å². The Balaban J connectivity index is 2.75. The number of amides is 1. The Bertz CT molecular complexity index is 504. The number of benzene rings is 1. The van der Waals surface area contributed by atoms with Crippen molar-refractivity contribution in [2.75, 3.05) is 26.4 Å². The van der Waals surface area contributed by atoms with Crippen molar-refractivity contribution in [2.45, 2.75) is 45.8 Å². The van der Waals surface area contributed by atoms with Crippen LogP contribution in [0.3, 0.4) is 0 Å². The van der Waals surface area contributed by atoms with E-state index in [4.69, 9.17) is 15.2 Å². The largest absolute Gasteiger partial charge is 0.490 e. The topological polar surface area (TPSA) is 93.8 Å². The summed E-state index contributed by atoms with van der Waals surface area (Å²) in [5, 5.41) is 13.6. The first-order valence-electron chi connectivity index (χ1n) is 8.59. The first-order valence-corrected chi connectivity index (χ1v) is 8.59. The lowest BCUT2D eigenvalue weighted by molar-refractivity contribution is 0.0978. The molecule has 0 aliphatic carbocycles. The number of rotatable bonds is 12. The summed E-state index contributed by atoms with van der Waals surface area (Å²) in [5.41, 5.74) is 6.34. The average Bonchev–Trinajstić information content (AvgIpc) is 2.59. The minimum atomic E-state index is -0.707. The van der Waals surface area contributed by atoms with Crippen LogP contribution in [0.25, 0.3) is 0 Å². The van der Waals surface area contributed by atoms with Gasteiger partial charge in [0, 0.05) is 19.2 Å². The molecule has 1 atom stereocenters. The van der Waals surface area contributed by atoms with Crippen LogP contribution in [0.2, 0.25) is 0 Å². The normalized spacial score (nSPS) is 12.4. The Morgan fingerprint density at radius 1 is 1.25 bits per heavy atom. The Morgan fingerprint density at radius 3 is 2.54 bits per heavy atom. The highest BCUT2D eigenvalue weighted by molar-refractivity contribution is 5.95. The highest BCUT2D eigenvalue weighted by Gasteiger charge is 2.15. The van der Waals surface area contributed by atoms with Crippen molar-refractivity contribution in [1.82, 2.24) is 5.32 Å².